The minimum Gasteiger partial charge on any atom is -0.633 e. The summed E-state index contributed by atoms with van der Waals surface area (Å²) in [6.07, 6.45) is 0.716. The van der Waals surface area contributed by atoms with Gasteiger partial charge in [-0.2, -0.15) is 0 Å². The molecule has 0 radical (unpaired) electrons. The van der Waals surface area contributed by atoms with Crippen LogP contribution in [0.25, 0.3) is 0 Å². The van der Waals surface area contributed by atoms with Gasteiger partial charge < -0.3 is 19.7 Å². The van der Waals surface area contributed by atoms with Crippen LogP contribution in [0.2, 0.25) is 0 Å². The molecule has 4 nitrogen and oxygen atoms in total. The summed E-state index contributed by atoms with van der Waals surface area (Å²) in [4.78, 5) is 0. The van der Waals surface area contributed by atoms with Gasteiger partial charge in [-0.3, -0.25) is 0 Å². The lowest BCUT2D eigenvalue weighted by Gasteiger charge is -2.42. The van der Waals surface area contributed by atoms with Gasteiger partial charge >= 0.3 is 0 Å². The number of hydrogen-bond donors (Lipinski definition) is 0. The molecule has 2 unspecified atom stereocenters. The summed E-state index contributed by atoms with van der Waals surface area (Å²) in [6.45, 7) is 2.45. The Morgan fingerprint density at radius 1 is 1.06 bits per heavy atom. The van der Waals surface area contributed by atoms with E-state index >= 15 is 0 Å². The Hall–Kier alpha value is -0.210. The molecule has 2 rings (SSSR count). The van der Waals surface area contributed by atoms with E-state index in [1.165, 1.54) is 3.57 Å². The van der Waals surface area contributed by atoms with Gasteiger partial charge in [0.1, 0.15) is 19.6 Å². The van der Waals surface area contributed by atoms with Gasteiger partial charge in [0, 0.05) is 15.6 Å². The lowest BCUT2D eigenvalue weighted by atomic mass is 10.2. The summed E-state index contributed by atoms with van der Waals surface area (Å²) < 4.78 is 0.652. The molecule has 1 aliphatic heterocycles. The molecule has 1 aliphatic rings. The van der Waals surface area contributed by atoms with E-state index in [1.807, 2.05) is 24.3 Å². The van der Waals surface area contributed by atoms with E-state index in [0.29, 0.717) is 39.1 Å². The zero-order chi connectivity index (χ0) is 13.2. The first kappa shape index (κ1) is 14.2. The molecule has 0 bridgehead atoms. The molecule has 1 heterocycles. The number of halogens is 1. The average Bonchev–Trinajstić information content (AvgIpc) is 2.42. The second kappa shape index (κ2) is 5.42. The Morgan fingerprint density at radius 3 is 2.39 bits per heavy atom. The van der Waals surface area contributed by atoms with Gasteiger partial charge in [-0.1, -0.05) is 12.1 Å². The van der Waals surface area contributed by atoms with E-state index in [-0.39, 0.29) is 9.29 Å². The van der Waals surface area contributed by atoms with Crippen molar-refractivity contribution in [1.82, 2.24) is 0 Å². The Kier molecular flexibility index (Phi) is 4.28. The number of nitrogens with zero attached hydrogens (tertiary/aromatic N) is 2. The molecule has 0 N–H and O–H groups in total. The highest BCUT2D eigenvalue weighted by molar-refractivity contribution is 14.1. The summed E-state index contributed by atoms with van der Waals surface area (Å²) in [6, 6.07) is 8.06. The Balaban J connectivity index is 2.05. The summed E-state index contributed by atoms with van der Waals surface area (Å²) in [5.41, 5.74) is 1.06. The molecule has 18 heavy (non-hydrogen) atoms. The lowest BCUT2D eigenvalue weighted by Crippen LogP contribution is -2.46. The van der Waals surface area contributed by atoms with Crippen LogP contribution >= 0.6 is 22.6 Å². The highest BCUT2D eigenvalue weighted by Crippen LogP contribution is 2.20. The zero-order valence-corrected chi connectivity index (χ0v) is 12.8. The van der Waals surface area contributed by atoms with Crippen LogP contribution in [-0.2, 0) is 6.54 Å². The number of benzene rings is 1. The third kappa shape index (κ3) is 3.89. The fourth-order valence-corrected chi connectivity index (χ4v) is 2.75. The highest BCUT2D eigenvalue weighted by Gasteiger charge is 2.26. The van der Waals surface area contributed by atoms with Gasteiger partial charge in [-0.15, -0.1) is 0 Å². The molecule has 2 atom stereocenters. The molecule has 0 saturated carbocycles. The van der Waals surface area contributed by atoms with Crippen LogP contribution in [0, 0.1) is 14.0 Å². The van der Waals surface area contributed by atoms with Crippen LogP contribution < -0.4 is 0 Å². The van der Waals surface area contributed by atoms with Crippen molar-refractivity contribution in [2.24, 2.45) is 0 Å². The van der Waals surface area contributed by atoms with Crippen LogP contribution in [0.4, 0.5) is 0 Å². The van der Waals surface area contributed by atoms with E-state index in [1.54, 1.807) is 7.05 Å². The zero-order valence-electron chi connectivity index (χ0n) is 10.6. The van der Waals surface area contributed by atoms with Crippen LogP contribution in [0.15, 0.2) is 24.3 Å². The van der Waals surface area contributed by atoms with Crippen LogP contribution in [0.1, 0.15) is 12.0 Å². The monoisotopic (exact) mass is 362 g/mol. The van der Waals surface area contributed by atoms with Crippen molar-refractivity contribution in [3.63, 3.8) is 0 Å². The quantitative estimate of drug-likeness (QED) is 0.461. The Labute approximate surface area is 122 Å². The van der Waals surface area contributed by atoms with E-state index in [4.69, 9.17) is 0 Å². The standard InChI is InChI=1S/C13H19IN2O2/c1-15(17)7-2-8-16(18,10-9-15)11-12-3-5-13(14)6-4-12/h3-6H,2,7-11H2,1H3. The predicted octanol–water partition coefficient (Wildman–Crippen LogP) is 2.45. The second-order valence-electron chi connectivity index (χ2n) is 5.39. The van der Waals surface area contributed by atoms with Gasteiger partial charge in [0.2, 0.25) is 0 Å². The third-order valence-corrected chi connectivity index (χ3v) is 4.28. The van der Waals surface area contributed by atoms with Crippen molar-refractivity contribution in [1.29, 1.82) is 0 Å². The number of quaternary nitrogens is 2. The van der Waals surface area contributed by atoms with Crippen molar-refractivity contribution in [2.45, 2.75) is 13.0 Å². The van der Waals surface area contributed by atoms with Gasteiger partial charge in [0.05, 0.1) is 20.1 Å². The van der Waals surface area contributed by atoms with Crippen LogP contribution in [0.3, 0.4) is 0 Å². The minimum absolute atomic E-state index is 0.253. The molecular weight excluding hydrogens is 343 g/mol. The maximum atomic E-state index is 12.7. The molecule has 1 fully saturated rings. The first-order valence-corrected chi connectivity index (χ1v) is 7.34. The summed E-state index contributed by atoms with van der Waals surface area (Å²) >= 11 is 2.25. The smallest absolute Gasteiger partial charge is 0.129 e. The summed E-state index contributed by atoms with van der Waals surface area (Å²) in [5, 5.41) is 24.6. The van der Waals surface area contributed by atoms with Gasteiger partial charge in [0.15, 0.2) is 0 Å². The first-order chi connectivity index (χ1) is 8.39. The van der Waals surface area contributed by atoms with Crippen molar-refractivity contribution in [2.75, 3.05) is 33.2 Å². The minimum atomic E-state index is -0.269. The van der Waals surface area contributed by atoms with Crippen molar-refractivity contribution in [3.8, 4) is 0 Å². The SMILES string of the molecule is C[N+]1([O-])CCC[N+]([O-])(Cc2ccc(I)cc2)CC1. The topological polar surface area (TPSA) is 46.1 Å². The molecule has 0 aliphatic carbocycles. The molecule has 1 aromatic carbocycles. The van der Waals surface area contributed by atoms with Gasteiger partial charge in [0.25, 0.3) is 0 Å². The van der Waals surface area contributed by atoms with E-state index < -0.39 is 0 Å². The number of hydrogen-bond acceptors (Lipinski definition) is 2. The summed E-state index contributed by atoms with van der Waals surface area (Å²) in [5.74, 6) is 0. The number of rotatable bonds is 2. The molecule has 0 aromatic heterocycles. The van der Waals surface area contributed by atoms with Crippen LogP contribution in [0.5, 0.6) is 0 Å². The second-order valence-corrected chi connectivity index (χ2v) is 6.63. The predicted molar refractivity (Wildman–Crippen MR) is 80.1 cm³/mol. The van der Waals surface area contributed by atoms with Crippen molar-refractivity contribution in [3.05, 3.63) is 43.8 Å². The summed E-state index contributed by atoms with van der Waals surface area (Å²) in [7, 11) is 1.67. The molecule has 0 amide bonds. The van der Waals surface area contributed by atoms with Crippen LogP contribution in [-0.4, -0.2) is 42.5 Å². The maximum absolute atomic E-state index is 12.7. The van der Waals surface area contributed by atoms with Gasteiger partial charge in [-0.05, 0) is 34.7 Å². The number of hydroxylamine groups is 6. The van der Waals surface area contributed by atoms with E-state index in [2.05, 4.69) is 22.6 Å². The van der Waals surface area contributed by atoms with Crippen molar-refractivity contribution < 1.29 is 9.29 Å². The van der Waals surface area contributed by atoms with E-state index in [9.17, 15) is 10.4 Å². The fourth-order valence-electron chi connectivity index (χ4n) is 2.39. The molecular formula is C13H19IN2O2. The Morgan fingerprint density at radius 2 is 1.72 bits per heavy atom. The lowest BCUT2D eigenvalue weighted by molar-refractivity contribution is -0.917. The Bertz CT molecular complexity index is 408. The molecule has 1 saturated heterocycles. The normalized spacial score (nSPS) is 33.1. The molecule has 5 heteroatoms. The molecule has 0 spiro atoms. The van der Waals surface area contributed by atoms with E-state index in [0.717, 1.165) is 5.56 Å². The largest absolute Gasteiger partial charge is 0.633 e. The number of likely N-dealkylation sites (N-methyl/N-ethyl adjacent to an activating group) is 1. The maximum Gasteiger partial charge on any atom is 0.129 e. The third-order valence-electron chi connectivity index (χ3n) is 3.56. The first-order valence-electron chi connectivity index (χ1n) is 6.26. The average molecular weight is 362 g/mol. The van der Waals surface area contributed by atoms with Crippen molar-refractivity contribution >= 4 is 22.6 Å². The fraction of sp³-hybridized carbons (Fsp3) is 0.538. The molecule has 1 aromatic rings. The highest BCUT2D eigenvalue weighted by atomic mass is 127. The van der Waals surface area contributed by atoms with Gasteiger partial charge in [-0.25, -0.2) is 0 Å². The molecule has 100 valence electrons.